The molecule has 1 heterocycles. The first-order valence-corrected chi connectivity index (χ1v) is 8.09. The number of ether oxygens (including phenoxy) is 2. The van der Waals surface area contributed by atoms with E-state index in [-0.39, 0.29) is 23.7 Å². The van der Waals surface area contributed by atoms with Gasteiger partial charge in [-0.15, -0.1) is 0 Å². The first-order valence-electron chi connectivity index (χ1n) is 8.09. The van der Waals surface area contributed by atoms with Crippen LogP contribution in [-0.2, 0) is 10.2 Å². The molecule has 1 aliphatic heterocycles. The van der Waals surface area contributed by atoms with E-state index < -0.39 is 6.10 Å². The van der Waals surface area contributed by atoms with Crippen LogP contribution in [0.15, 0.2) is 48.5 Å². The molecule has 1 N–H and O–H groups in total. The lowest BCUT2D eigenvalue weighted by Crippen LogP contribution is -2.46. The topological polar surface area (TPSA) is 47.6 Å². The molecule has 4 rings (SSSR count). The minimum absolute atomic E-state index is 0.0726. The molecule has 4 nitrogen and oxygen atoms in total. The van der Waals surface area contributed by atoms with Gasteiger partial charge in [-0.3, -0.25) is 4.79 Å². The maximum atomic E-state index is 13.1. The van der Waals surface area contributed by atoms with E-state index in [0.29, 0.717) is 18.0 Å². The van der Waals surface area contributed by atoms with Gasteiger partial charge in [0.25, 0.3) is 5.91 Å². The summed E-state index contributed by atoms with van der Waals surface area (Å²) in [6, 6.07) is 13.8. The third-order valence-corrected chi connectivity index (χ3v) is 4.71. The minimum Gasteiger partial charge on any atom is -0.485 e. The predicted molar refractivity (Wildman–Crippen MR) is 86.7 cm³/mol. The van der Waals surface area contributed by atoms with Gasteiger partial charge in [-0.05, 0) is 42.7 Å². The lowest BCUT2D eigenvalue weighted by atomic mass is 9.96. The summed E-state index contributed by atoms with van der Waals surface area (Å²) >= 11 is 0. The lowest BCUT2D eigenvalue weighted by molar-refractivity contribution is -0.130. The van der Waals surface area contributed by atoms with E-state index in [1.807, 2.05) is 18.2 Å². The molecule has 2 aliphatic rings. The van der Waals surface area contributed by atoms with Gasteiger partial charge in [0.15, 0.2) is 11.5 Å². The number of rotatable bonds is 4. The van der Waals surface area contributed by atoms with Crippen LogP contribution >= 0.6 is 0 Å². The van der Waals surface area contributed by atoms with Crippen molar-refractivity contribution in [2.45, 2.75) is 24.4 Å². The number of hydrogen-bond donors (Lipinski definition) is 1. The van der Waals surface area contributed by atoms with Gasteiger partial charge in [-0.1, -0.05) is 24.3 Å². The Balaban J connectivity index is 1.38. The summed E-state index contributed by atoms with van der Waals surface area (Å²) < 4.78 is 24.4. The largest absolute Gasteiger partial charge is 0.485 e. The molecule has 0 spiro atoms. The number of amides is 1. The van der Waals surface area contributed by atoms with Crippen LogP contribution in [-0.4, -0.2) is 25.2 Å². The highest BCUT2D eigenvalue weighted by molar-refractivity contribution is 5.82. The van der Waals surface area contributed by atoms with Crippen molar-refractivity contribution in [2.75, 3.05) is 13.2 Å². The Bertz CT molecular complexity index is 755. The van der Waals surface area contributed by atoms with Crippen LogP contribution < -0.4 is 14.8 Å². The van der Waals surface area contributed by atoms with E-state index in [1.54, 1.807) is 18.2 Å². The van der Waals surface area contributed by atoms with Crippen LogP contribution in [0.25, 0.3) is 0 Å². The zero-order valence-electron chi connectivity index (χ0n) is 13.1. The quantitative estimate of drug-likeness (QED) is 0.939. The Kier molecular flexibility index (Phi) is 3.63. The number of benzene rings is 2. The standard InChI is InChI=1S/C19H18FNO3/c20-14-7-5-13(6-8-14)19(9-10-19)12-21-18(22)17-11-23-15-3-1-2-4-16(15)24-17/h1-8,17H,9-12H2,(H,21,22)/t17-/m1/s1. The molecular weight excluding hydrogens is 309 g/mol. The third kappa shape index (κ3) is 2.82. The smallest absolute Gasteiger partial charge is 0.264 e. The number of carbonyl (C=O) groups excluding carboxylic acids is 1. The molecule has 0 saturated heterocycles. The number of fused-ring (bicyclic) bond motifs is 1. The highest BCUT2D eigenvalue weighted by Crippen LogP contribution is 2.47. The molecule has 2 aromatic rings. The summed E-state index contributed by atoms with van der Waals surface area (Å²) in [5.41, 5.74) is 0.993. The molecule has 1 fully saturated rings. The van der Waals surface area contributed by atoms with Crippen molar-refractivity contribution in [2.24, 2.45) is 0 Å². The number of hydrogen-bond acceptors (Lipinski definition) is 3. The predicted octanol–water partition coefficient (Wildman–Crippen LogP) is 2.81. The summed E-state index contributed by atoms with van der Waals surface area (Å²) in [6.45, 7) is 0.728. The summed E-state index contributed by atoms with van der Waals surface area (Å²) in [5, 5.41) is 2.96. The number of halogens is 1. The van der Waals surface area contributed by atoms with Crippen LogP contribution in [0.4, 0.5) is 4.39 Å². The summed E-state index contributed by atoms with van der Waals surface area (Å²) in [7, 11) is 0. The monoisotopic (exact) mass is 327 g/mol. The van der Waals surface area contributed by atoms with Crippen molar-refractivity contribution < 1.29 is 18.7 Å². The van der Waals surface area contributed by atoms with Crippen molar-refractivity contribution in [1.82, 2.24) is 5.32 Å². The molecule has 0 aromatic heterocycles. The van der Waals surface area contributed by atoms with E-state index in [1.165, 1.54) is 12.1 Å². The van der Waals surface area contributed by atoms with Crippen LogP contribution in [0, 0.1) is 5.82 Å². The molecule has 124 valence electrons. The zero-order valence-corrected chi connectivity index (χ0v) is 13.1. The van der Waals surface area contributed by atoms with Gasteiger partial charge in [0, 0.05) is 12.0 Å². The molecule has 5 heteroatoms. The molecule has 1 amide bonds. The van der Waals surface area contributed by atoms with Gasteiger partial charge in [-0.25, -0.2) is 4.39 Å². The molecule has 1 saturated carbocycles. The Morgan fingerprint density at radius 3 is 2.54 bits per heavy atom. The van der Waals surface area contributed by atoms with E-state index in [4.69, 9.17) is 9.47 Å². The number of carbonyl (C=O) groups is 1. The van der Waals surface area contributed by atoms with Gasteiger partial charge < -0.3 is 14.8 Å². The Labute approximate surface area is 139 Å². The third-order valence-electron chi connectivity index (χ3n) is 4.71. The molecule has 1 atom stereocenters. The van der Waals surface area contributed by atoms with Crippen molar-refractivity contribution in [3.8, 4) is 11.5 Å². The maximum Gasteiger partial charge on any atom is 0.264 e. The van der Waals surface area contributed by atoms with Gasteiger partial charge in [-0.2, -0.15) is 0 Å². The van der Waals surface area contributed by atoms with Crippen LogP contribution in [0.1, 0.15) is 18.4 Å². The van der Waals surface area contributed by atoms with Crippen molar-refractivity contribution in [1.29, 1.82) is 0 Å². The molecular formula is C19H18FNO3. The second-order valence-corrected chi connectivity index (χ2v) is 6.37. The van der Waals surface area contributed by atoms with Gasteiger partial charge in [0.2, 0.25) is 6.10 Å². The minimum atomic E-state index is -0.649. The molecule has 0 unspecified atom stereocenters. The Hall–Kier alpha value is -2.56. The van der Waals surface area contributed by atoms with Gasteiger partial charge in [0.05, 0.1) is 0 Å². The second kappa shape index (κ2) is 5.82. The Morgan fingerprint density at radius 2 is 1.83 bits per heavy atom. The van der Waals surface area contributed by atoms with Crippen LogP contribution in [0.3, 0.4) is 0 Å². The lowest BCUT2D eigenvalue weighted by Gasteiger charge is -2.26. The highest BCUT2D eigenvalue weighted by Gasteiger charge is 2.44. The molecule has 2 aromatic carbocycles. The summed E-state index contributed by atoms with van der Waals surface area (Å²) in [6.07, 6.45) is 1.33. The summed E-state index contributed by atoms with van der Waals surface area (Å²) in [5.74, 6) is 0.818. The molecule has 1 aliphatic carbocycles. The fourth-order valence-electron chi connectivity index (χ4n) is 3.04. The van der Waals surface area contributed by atoms with E-state index >= 15 is 0 Å². The van der Waals surface area contributed by atoms with Crippen molar-refractivity contribution >= 4 is 5.91 Å². The summed E-state index contributed by atoms with van der Waals surface area (Å²) in [4.78, 5) is 12.4. The first-order chi connectivity index (χ1) is 11.7. The Morgan fingerprint density at radius 1 is 1.12 bits per heavy atom. The van der Waals surface area contributed by atoms with E-state index in [9.17, 15) is 9.18 Å². The average molecular weight is 327 g/mol. The number of para-hydroxylation sites is 2. The average Bonchev–Trinajstić information content (AvgIpc) is 3.41. The normalized spacial score (nSPS) is 20.3. The first kappa shape index (κ1) is 15.0. The highest BCUT2D eigenvalue weighted by atomic mass is 19.1. The maximum absolute atomic E-state index is 13.1. The van der Waals surface area contributed by atoms with Crippen molar-refractivity contribution in [3.05, 3.63) is 59.9 Å². The van der Waals surface area contributed by atoms with E-state index in [2.05, 4.69) is 5.32 Å². The zero-order chi connectivity index (χ0) is 16.6. The SMILES string of the molecule is O=C(NCC1(c2ccc(F)cc2)CC1)[C@H]1COc2ccccc2O1. The molecule has 0 bridgehead atoms. The van der Waals surface area contributed by atoms with Crippen LogP contribution in [0.5, 0.6) is 11.5 Å². The molecule has 0 radical (unpaired) electrons. The second-order valence-electron chi connectivity index (χ2n) is 6.37. The van der Waals surface area contributed by atoms with Crippen LogP contribution in [0.2, 0.25) is 0 Å². The number of nitrogens with one attached hydrogen (secondary N) is 1. The fourth-order valence-corrected chi connectivity index (χ4v) is 3.04. The van der Waals surface area contributed by atoms with E-state index in [0.717, 1.165) is 18.4 Å². The fraction of sp³-hybridized carbons (Fsp3) is 0.316. The van der Waals surface area contributed by atoms with Gasteiger partial charge in [0.1, 0.15) is 12.4 Å². The van der Waals surface area contributed by atoms with Gasteiger partial charge >= 0.3 is 0 Å². The molecule has 24 heavy (non-hydrogen) atoms. The van der Waals surface area contributed by atoms with Crippen molar-refractivity contribution in [3.63, 3.8) is 0 Å².